The smallest absolute Gasteiger partial charge is 0.301 e. The highest BCUT2D eigenvalue weighted by Crippen LogP contribution is 2.28. The van der Waals surface area contributed by atoms with Crippen molar-refractivity contribution in [3.63, 3.8) is 0 Å². The van der Waals surface area contributed by atoms with Gasteiger partial charge < -0.3 is 4.98 Å². The number of aromatic amines is 1. The van der Waals surface area contributed by atoms with Crippen molar-refractivity contribution in [1.82, 2.24) is 14.3 Å². The normalized spacial score (nSPS) is 11.9. The van der Waals surface area contributed by atoms with Crippen LogP contribution in [0.2, 0.25) is 0 Å². The van der Waals surface area contributed by atoms with Crippen LogP contribution in [0.15, 0.2) is 35.1 Å². The maximum Gasteiger partial charge on any atom is 0.301 e. The Morgan fingerprint density at radius 2 is 2.07 bits per heavy atom. The lowest BCUT2D eigenvalue weighted by atomic mass is 10.0. The molecule has 0 aliphatic carbocycles. The molecule has 2 heterocycles. The second-order valence-corrected chi connectivity index (χ2v) is 8.58. The number of carbonyl (C=O) groups excluding carboxylic acids is 1. The van der Waals surface area contributed by atoms with Gasteiger partial charge in [-0.15, -0.1) is 0 Å². The average Bonchev–Trinajstić information content (AvgIpc) is 3.06. The van der Waals surface area contributed by atoms with Crippen molar-refractivity contribution in [2.75, 3.05) is 18.3 Å². The van der Waals surface area contributed by atoms with E-state index in [0.29, 0.717) is 15.5 Å². The van der Waals surface area contributed by atoms with Crippen molar-refractivity contribution in [3.05, 3.63) is 57.8 Å². The van der Waals surface area contributed by atoms with E-state index in [1.807, 2.05) is 4.72 Å². The standard InChI is InChI=1S/C17H15BrF2N4O3S/c1-3-24(2)28(26,27)23-13-5-4-12(19)14(15(13)20)16(25)11-8-22-17-10(11)6-9(18)7-21-17/h4-8,23H,3H2,1-2H3,(H,21,22). The van der Waals surface area contributed by atoms with E-state index in [4.69, 9.17) is 0 Å². The first-order valence-corrected chi connectivity index (χ1v) is 10.3. The molecule has 2 N–H and O–H groups in total. The van der Waals surface area contributed by atoms with Crippen LogP contribution in [0.1, 0.15) is 22.8 Å². The van der Waals surface area contributed by atoms with Gasteiger partial charge in [-0.3, -0.25) is 9.52 Å². The molecule has 0 bridgehead atoms. The molecule has 11 heteroatoms. The Bertz CT molecular complexity index is 1180. The van der Waals surface area contributed by atoms with Crippen molar-refractivity contribution < 1.29 is 22.0 Å². The number of fused-ring (bicyclic) bond motifs is 1. The Labute approximate surface area is 168 Å². The van der Waals surface area contributed by atoms with Gasteiger partial charge in [0.25, 0.3) is 0 Å². The van der Waals surface area contributed by atoms with Gasteiger partial charge in [0, 0.05) is 41.4 Å². The maximum absolute atomic E-state index is 14.9. The number of ketones is 1. The van der Waals surface area contributed by atoms with Gasteiger partial charge in [-0.2, -0.15) is 12.7 Å². The molecule has 3 rings (SSSR count). The third-order valence-corrected chi connectivity index (χ3v) is 6.15. The molecule has 0 saturated heterocycles. The van der Waals surface area contributed by atoms with E-state index in [1.165, 1.54) is 19.4 Å². The van der Waals surface area contributed by atoms with Gasteiger partial charge in [-0.1, -0.05) is 6.92 Å². The summed E-state index contributed by atoms with van der Waals surface area (Å²) >= 11 is 3.23. The third kappa shape index (κ3) is 3.64. The number of rotatable bonds is 6. The predicted molar refractivity (Wildman–Crippen MR) is 104 cm³/mol. The molecule has 0 aliphatic heterocycles. The van der Waals surface area contributed by atoms with Gasteiger partial charge in [0.05, 0.1) is 11.3 Å². The zero-order valence-corrected chi connectivity index (χ0v) is 17.2. The molecule has 0 unspecified atom stereocenters. The van der Waals surface area contributed by atoms with Gasteiger partial charge in [0.1, 0.15) is 11.5 Å². The highest BCUT2D eigenvalue weighted by Gasteiger charge is 2.26. The van der Waals surface area contributed by atoms with Gasteiger partial charge in [-0.25, -0.2) is 13.8 Å². The Balaban J connectivity index is 2.09. The predicted octanol–water partition coefficient (Wildman–Crippen LogP) is 3.44. The first-order valence-electron chi connectivity index (χ1n) is 8.05. The zero-order valence-electron chi connectivity index (χ0n) is 14.8. The number of halogens is 3. The molecule has 7 nitrogen and oxygen atoms in total. The van der Waals surface area contributed by atoms with Crippen molar-refractivity contribution in [3.8, 4) is 0 Å². The lowest BCUT2D eigenvalue weighted by molar-refractivity contribution is 0.103. The van der Waals surface area contributed by atoms with Crippen molar-refractivity contribution in [1.29, 1.82) is 0 Å². The summed E-state index contributed by atoms with van der Waals surface area (Å²) in [5, 5.41) is 0.370. The Morgan fingerprint density at radius 3 is 2.75 bits per heavy atom. The third-order valence-electron chi connectivity index (χ3n) is 4.16. The number of aromatic nitrogens is 2. The van der Waals surface area contributed by atoms with Crippen molar-refractivity contribution in [2.24, 2.45) is 0 Å². The highest BCUT2D eigenvalue weighted by molar-refractivity contribution is 9.10. The fraction of sp³-hybridized carbons (Fsp3) is 0.176. The lowest BCUT2D eigenvalue weighted by Crippen LogP contribution is -2.32. The van der Waals surface area contributed by atoms with Crippen molar-refractivity contribution in [2.45, 2.75) is 6.92 Å². The maximum atomic E-state index is 14.9. The number of H-pyrrole nitrogens is 1. The van der Waals surface area contributed by atoms with Gasteiger partial charge >= 0.3 is 10.2 Å². The minimum absolute atomic E-state index is 0.00674. The summed E-state index contributed by atoms with van der Waals surface area (Å²) in [5.74, 6) is -3.34. The molecule has 0 atom stereocenters. The van der Waals surface area contributed by atoms with Crippen LogP contribution in [0, 0.1) is 11.6 Å². The summed E-state index contributed by atoms with van der Waals surface area (Å²) in [6, 6.07) is 3.35. The van der Waals surface area contributed by atoms with E-state index in [1.54, 1.807) is 13.0 Å². The summed E-state index contributed by atoms with van der Waals surface area (Å²) in [6.45, 7) is 1.74. The molecule has 1 aromatic carbocycles. The topological polar surface area (TPSA) is 95.2 Å². The number of nitrogens with one attached hydrogen (secondary N) is 2. The minimum atomic E-state index is -4.05. The largest absolute Gasteiger partial charge is 0.345 e. The Kier molecular flexibility index (Phi) is 5.50. The fourth-order valence-corrected chi connectivity index (χ4v) is 3.79. The van der Waals surface area contributed by atoms with E-state index < -0.39 is 38.9 Å². The van der Waals surface area contributed by atoms with Crippen LogP contribution in [0.3, 0.4) is 0 Å². The second kappa shape index (κ2) is 7.57. The molecular formula is C17H15BrF2N4O3S. The van der Waals surface area contributed by atoms with Crippen LogP contribution >= 0.6 is 15.9 Å². The molecule has 0 fully saturated rings. The average molecular weight is 473 g/mol. The molecule has 3 aromatic rings. The molecule has 0 saturated carbocycles. The summed E-state index contributed by atoms with van der Waals surface area (Å²) in [5.41, 5.74) is -1.01. The molecule has 148 valence electrons. The van der Waals surface area contributed by atoms with Crippen LogP contribution in [0.25, 0.3) is 11.0 Å². The molecule has 0 radical (unpaired) electrons. The first-order chi connectivity index (χ1) is 13.2. The quantitative estimate of drug-likeness (QED) is 0.537. The second-order valence-electron chi connectivity index (χ2n) is 5.89. The number of benzene rings is 1. The van der Waals surface area contributed by atoms with Crippen LogP contribution in [0.4, 0.5) is 14.5 Å². The van der Waals surface area contributed by atoms with Crippen LogP contribution in [-0.4, -0.2) is 42.1 Å². The highest BCUT2D eigenvalue weighted by atomic mass is 79.9. The molecule has 2 aromatic heterocycles. The van der Waals surface area contributed by atoms with E-state index in [2.05, 4.69) is 25.9 Å². The SMILES string of the molecule is CCN(C)S(=O)(=O)Nc1ccc(F)c(C(=O)c2c[nH]c3ncc(Br)cc23)c1F. The fourth-order valence-electron chi connectivity index (χ4n) is 2.53. The van der Waals surface area contributed by atoms with Gasteiger partial charge in [0.15, 0.2) is 5.82 Å². The van der Waals surface area contributed by atoms with Crippen LogP contribution < -0.4 is 4.72 Å². The summed E-state index contributed by atoms with van der Waals surface area (Å²) in [6.07, 6.45) is 2.81. The van der Waals surface area contributed by atoms with E-state index in [-0.39, 0.29) is 12.1 Å². The summed E-state index contributed by atoms with van der Waals surface area (Å²) in [7, 11) is -2.75. The molecule has 0 spiro atoms. The van der Waals surface area contributed by atoms with Crippen LogP contribution in [-0.2, 0) is 10.2 Å². The number of anilines is 1. The van der Waals surface area contributed by atoms with Gasteiger partial charge in [-0.05, 0) is 34.1 Å². The number of nitrogens with zero attached hydrogens (tertiary/aromatic N) is 2. The molecular weight excluding hydrogens is 458 g/mol. The monoisotopic (exact) mass is 472 g/mol. The zero-order chi connectivity index (χ0) is 20.6. The van der Waals surface area contributed by atoms with Gasteiger partial charge in [0.2, 0.25) is 5.78 Å². The minimum Gasteiger partial charge on any atom is -0.345 e. The van der Waals surface area contributed by atoms with E-state index >= 15 is 0 Å². The lowest BCUT2D eigenvalue weighted by Gasteiger charge is -2.17. The summed E-state index contributed by atoms with van der Waals surface area (Å²) in [4.78, 5) is 19.7. The van der Waals surface area contributed by atoms with E-state index in [0.717, 1.165) is 16.4 Å². The molecule has 28 heavy (non-hydrogen) atoms. The Hall–Kier alpha value is -2.37. The van der Waals surface area contributed by atoms with E-state index in [9.17, 15) is 22.0 Å². The molecule has 0 amide bonds. The number of carbonyl (C=O) groups is 1. The first kappa shape index (κ1) is 20.4. The van der Waals surface area contributed by atoms with Crippen molar-refractivity contribution >= 4 is 48.6 Å². The molecule has 0 aliphatic rings. The summed E-state index contributed by atoms with van der Waals surface area (Å²) < 4.78 is 57.1. The number of pyridine rings is 1. The Morgan fingerprint density at radius 1 is 1.36 bits per heavy atom. The van der Waals surface area contributed by atoms with Crippen LogP contribution in [0.5, 0.6) is 0 Å². The number of hydrogen-bond donors (Lipinski definition) is 2. The number of hydrogen-bond acceptors (Lipinski definition) is 4.